The van der Waals surface area contributed by atoms with E-state index in [0.717, 1.165) is 60.3 Å². The molecule has 0 fully saturated rings. The second kappa shape index (κ2) is 10.1. The minimum atomic E-state index is -1.21. The van der Waals surface area contributed by atoms with Gasteiger partial charge in [-0.1, -0.05) is 43.7 Å². The van der Waals surface area contributed by atoms with Gasteiger partial charge in [-0.3, -0.25) is 4.79 Å². The molecule has 0 unspecified atom stereocenters. The van der Waals surface area contributed by atoms with E-state index in [0.29, 0.717) is 5.69 Å². The first-order valence-electron chi connectivity index (χ1n) is 12.9. The van der Waals surface area contributed by atoms with Gasteiger partial charge < -0.3 is 10.0 Å². The monoisotopic (exact) mass is 493 g/mol. The number of carbonyl (C=O) groups excluding carboxylic acids is 1. The topological polar surface area (TPSA) is 73.2 Å². The van der Waals surface area contributed by atoms with Crippen LogP contribution in [0.4, 0.5) is 17.1 Å². The van der Waals surface area contributed by atoms with Gasteiger partial charge in [0.05, 0.1) is 11.3 Å². The van der Waals surface area contributed by atoms with Crippen molar-refractivity contribution in [3.05, 3.63) is 94.1 Å². The smallest absolute Gasteiger partial charge is 0.357 e. The average molecular weight is 494 g/mol. The van der Waals surface area contributed by atoms with Gasteiger partial charge in [-0.15, -0.1) is 0 Å². The Balaban J connectivity index is 1.50. The first-order valence-corrected chi connectivity index (χ1v) is 12.9. The lowest BCUT2D eigenvalue weighted by atomic mass is 9.97. The molecule has 188 valence electrons. The van der Waals surface area contributed by atoms with E-state index in [9.17, 15) is 14.7 Å². The van der Waals surface area contributed by atoms with Crippen LogP contribution in [0.15, 0.2) is 71.3 Å². The molecular formula is C31H31N3O3. The molecule has 0 aromatic heterocycles. The van der Waals surface area contributed by atoms with Gasteiger partial charge in [-0.25, -0.2) is 4.79 Å². The summed E-state index contributed by atoms with van der Waals surface area (Å²) in [6.07, 6.45) is 5.23. The van der Waals surface area contributed by atoms with Gasteiger partial charge in [-0.2, -0.15) is 10.1 Å². The predicted octanol–water partition coefficient (Wildman–Crippen LogP) is 6.07. The van der Waals surface area contributed by atoms with Crippen LogP contribution in [0, 0.1) is 6.92 Å². The van der Waals surface area contributed by atoms with Crippen LogP contribution in [0.25, 0.3) is 6.08 Å². The largest absolute Gasteiger partial charge is 0.476 e. The molecule has 0 bridgehead atoms. The van der Waals surface area contributed by atoms with Crippen LogP contribution in [-0.2, 0) is 28.9 Å². The van der Waals surface area contributed by atoms with E-state index < -0.39 is 11.9 Å². The number of hydrogen-bond donors (Lipinski definition) is 1. The number of fused-ring (bicyclic) bond motifs is 1. The predicted molar refractivity (Wildman–Crippen MR) is 149 cm³/mol. The van der Waals surface area contributed by atoms with Crippen LogP contribution in [0.1, 0.15) is 48.1 Å². The molecule has 37 heavy (non-hydrogen) atoms. The highest BCUT2D eigenvalue weighted by Crippen LogP contribution is 2.35. The molecule has 0 atom stereocenters. The summed E-state index contributed by atoms with van der Waals surface area (Å²) in [5.41, 5.74) is 8.12. The standard InChI is InChI=1S/C31H31N3O3/c1-4-21-15-22(5-2)18-26(17-21)34-30(35)27(29(32-34)31(36)37)19-23-10-13-28-24(16-23)7-6-14-33(28)25-11-8-20(3)9-12-25/h8-13,15-19H,4-7,14H2,1-3H3,(H,36,37). The second-order valence-corrected chi connectivity index (χ2v) is 9.62. The van der Waals surface area contributed by atoms with Crippen molar-refractivity contribution < 1.29 is 14.7 Å². The van der Waals surface area contributed by atoms with Crippen LogP contribution in [0.5, 0.6) is 0 Å². The normalized spacial score (nSPS) is 16.2. The number of amides is 1. The molecule has 0 saturated heterocycles. The maximum Gasteiger partial charge on any atom is 0.357 e. The number of hydrogen-bond acceptors (Lipinski definition) is 4. The van der Waals surface area contributed by atoms with Gasteiger partial charge in [-0.05, 0) is 97.3 Å². The van der Waals surface area contributed by atoms with Crippen molar-refractivity contribution in [2.45, 2.75) is 46.5 Å². The maximum absolute atomic E-state index is 13.4. The number of hydrazone groups is 1. The molecule has 2 heterocycles. The van der Waals surface area contributed by atoms with Crippen LogP contribution in [0.3, 0.4) is 0 Å². The first-order chi connectivity index (χ1) is 17.9. The highest BCUT2D eigenvalue weighted by molar-refractivity contribution is 6.53. The first kappa shape index (κ1) is 24.5. The van der Waals surface area contributed by atoms with Gasteiger partial charge >= 0.3 is 5.97 Å². The summed E-state index contributed by atoms with van der Waals surface area (Å²) in [7, 11) is 0. The molecule has 0 aliphatic carbocycles. The SMILES string of the molecule is CCc1cc(CC)cc(N2N=C(C(=O)O)C(=Cc3ccc4c(c3)CCCN4c3ccc(C)cc3)C2=O)c1. The van der Waals surface area contributed by atoms with Crippen molar-refractivity contribution in [1.29, 1.82) is 0 Å². The van der Waals surface area contributed by atoms with E-state index in [4.69, 9.17) is 0 Å². The van der Waals surface area contributed by atoms with E-state index >= 15 is 0 Å². The summed E-state index contributed by atoms with van der Waals surface area (Å²) in [4.78, 5) is 27.8. The Labute approximate surface area is 217 Å². The lowest BCUT2D eigenvalue weighted by Gasteiger charge is -2.31. The Bertz CT molecular complexity index is 1410. The second-order valence-electron chi connectivity index (χ2n) is 9.62. The van der Waals surface area contributed by atoms with E-state index in [1.807, 2.05) is 18.2 Å². The number of benzene rings is 3. The highest BCUT2D eigenvalue weighted by Gasteiger charge is 2.35. The van der Waals surface area contributed by atoms with Crippen LogP contribution in [0.2, 0.25) is 0 Å². The minimum absolute atomic E-state index is 0.0959. The highest BCUT2D eigenvalue weighted by atomic mass is 16.4. The third kappa shape index (κ3) is 4.79. The van der Waals surface area contributed by atoms with Gasteiger partial charge in [0, 0.05) is 17.9 Å². The molecule has 6 heteroatoms. The lowest BCUT2D eigenvalue weighted by Crippen LogP contribution is -2.24. The fourth-order valence-electron chi connectivity index (χ4n) is 5.02. The minimum Gasteiger partial charge on any atom is -0.476 e. The summed E-state index contributed by atoms with van der Waals surface area (Å²) in [6.45, 7) is 7.13. The fraction of sp³-hybridized carbons (Fsp3) is 0.258. The quantitative estimate of drug-likeness (QED) is 0.423. The maximum atomic E-state index is 13.4. The molecule has 0 spiro atoms. The number of aryl methyl sites for hydroxylation is 4. The van der Waals surface area contributed by atoms with Crippen molar-refractivity contribution in [2.75, 3.05) is 16.5 Å². The number of carbonyl (C=O) groups is 2. The number of carboxylic acid groups (broad SMARTS) is 1. The van der Waals surface area contributed by atoms with E-state index in [1.54, 1.807) is 6.08 Å². The Morgan fingerprint density at radius 2 is 1.68 bits per heavy atom. The summed E-state index contributed by atoms with van der Waals surface area (Å²) in [6, 6.07) is 20.5. The Morgan fingerprint density at radius 1 is 0.973 bits per heavy atom. The molecule has 0 radical (unpaired) electrons. The van der Waals surface area contributed by atoms with Crippen LogP contribution >= 0.6 is 0 Å². The Morgan fingerprint density at radius 3 is 2.32 bits per heavy atom. The molecule has 2 aliphatic rings. The van der Waals surface area contributed by atoms with E-state index in [2.05, 4.69) is 73.2 Å². The zero-order valence-corrected chi connectivity index (χ0v) is 21.5. The van der Waals surface area contributed by atoms with E-state index in [1.165, 1.54) is 16.1 Å². The number of carboxylic acids is 1. The molecule has 2 aliphatic heterocycles. The summed E-state index contributed by atoms with van der Waals surface area (Å²) >= 11 is 0. The zero-order chi connectivity index (χ0) is 26.1. The Hall–Kier alpha value is -4.19. The number of aliphatic carboxylic acids is 1. The number of rotatable bonds is 6. The molecule has 1 amide bonds. The van der Waals surface area contributed by atoms with Crippen molar-refractivity contribution >= 4 is 40.7 Å². The van der Waals surface area contributed by atoms with Gasteiger partial charge in [0.2, 0.25) is 0 Å². The third-order valence-corrected chi connectivity index (χ3v) is 7.06. The molecule has 1 N–H and O–H groups in total. The van der Waals surface area contributed by atoms with Crippen LogP contribution < -0.4 is 9.91 Å². The van der Waals surface area contributed by atoms with Crippen LogP contribution in [-0.4, -0.2) is 29.2 Å². The van der Waals surface area contributed by atoms with Crippen molar-refractivity contribution in [3.8, 4) is 0 Å². The fourth-order valence-corrected chi connectivity index (χ4v) is 5.02. The van der Waals surface area contributed by atoms with Gasteiger partial charge in [0.15, 0.2) is 5.71 Å². The lowest BCUT2D eigenvalue weighted by molar-refractivity contribution is -0.129. The van der Waals surface area contributed by atoms with Gasteiger partial charge in [0.25, 0.3) is 5.91 Å². The Kier molecular flexibility index (Phi) is 6.66. The number of nitrogens with zero attached hydrogens (tertiary/aromatic N) is 3. The third-order valence-electron chi connectivity index (χ3n) is 7.06. The number of anilines is 3. The van der Waals surface area contributed by atoms with E-state index in [-0.39, 0.29) is 11.3 Å². The molecule has 3 aromatic carbocycles. The molecule has 6 nitrogen and oxygen atoms in total. The summed E-state index contributed by atoms with van der Waals surface area (Å²) < 4.78 is 0. The van der Waals surface area contributed by atoms with Crippen molar-refractivity contribution in [1.82, 2.24) is 0 Å². The zero-order valence-electron chi connectivity index (χ0n) is 21.5. The molecule has 0 saturated carbocycles. The molecule has 5 rings (SSSR count). The molecule has 3 aromatic rings. The average Bonchev–Trinajstić information content (AvgIpc) is 3.24. The summed E-state index contributed by atoms with van der Waals surface area (Å²) in [5.74, 6) is -1.64. The summed E-state index contributed by atoms with van der Waals surface area (Å²) in [5, 5.41) is 15.3. The van der Waals surface area contributed by atoms with Gasteiger partial charge in [0.1, 0.15) is 0 Å². The molecular weight excluding hydrogens is 462 g/mol. The van der Waals surface area contributed by atoms with Crippen molar-refractivity contribution in [3.63, 3.8) is 0 Å². The van der Waals surface area contributed by atoms with Crippen molar-refractivity contribution in [2.24, 2.45) is 5.10 Å².